The van der Waals surface area contributed by atoms with E-state index in [1.165, 1.54) is 32.1 Å². The highest BCUT2D eigenvalue weighted by Gasteiger charge is 2.30. The lowest BCUT2D eigenvalue weighted by Gasteiger charge is -2.36. The van der Waals surface area contributed by atoms with Gasteiger partial charge < -0.3 is 0 Å². The number of rotatable bonds is 0. The van der Waals surface area contributed by atoms with Crippen LogP contribution < -0.4 is 0 Å². The van der Waals surface area contributed by atoms with Crippen molar-refractivity contribution in [3.8, 4) is 0 Å². The van der Waals surface area contributed by atoms with Gasteiger partial charge >= 0.3 is 0 Å². The first kappa shape index (κ1) is 6.76. The zero-order chi connectivity index (χ0) is 6.97. The van der Waals surface area contributed by atoms with Crippen LogP contribution in [0.25, 0.3) is 0 Å². The van der Waals surface area contributed by atoms with Gasteiger partial charge in [0, 0.05) is 0 Å². The summed E-state index contributed by atoms with van der Waals surface area (Å²) in [6, 6.07) is 0. The average Bonchev–Trinajstić information content (AvgIpc) is 1.85. The van der Waals surface area contributed by atoms with Gasteiger partial charge in [0.2, 0.25) is 0 Å². The molecule has 1 radical (unpaired) electrons. The zero-order valence-electron chi connectivity index (χ0n) is 6.84. The summed E-state index contributed by atoms with van der Waals surface area (Å²) >= 11 is 0. The number of fused-ring (bicyclic) bond motifs is 2. The maximum absolute atomic E-state index is 2.63. The van der Waals surface area contributed by atoms with Crippen LogP contribution in [-0.4, -0.2) is 7.28 Å². The predicted octanol–water partition coefficient (Wildman–Crippen LogP) is 2.88. The molecule has 0 spiro atoms. The molecular weight excluding hydrogens is 119 g/mol. The molecule has 0 saturated carbocycles. The molecule has 0 amide bonds. The van der Waals surface area contributed by atoms with E-state index in [0.717, 1.165) is 17.6 Å². The SMILES string of the molecule is CC1CC2[B]C(CCC2)C1. The number of hydrogen-bond acceptors (Lipinski definition) is 0. The van der Waals surface area contributed by atoms with Gasteiger partial charge in [0.25, 0.3) is 0 Å². The maximum Gasteiger partial charge on any atom is 0.117 e. The van der Waals surface area contributed by atoms with Gasteiger partial charge in [0.1, 0.15) is 7.28 Å². The molecule has 2 saturated heterocycles. The van der Waals surface area contributed by atoms with E-state index in [1.54, 1.807) is 0 Å². The van der Waals surface area contributed by atoms with Crippen LogP contribution in [0.4, 0.5) is 0 Å². The monoisotopic (exact) mass is 135 g/mol. The maximum atomic E-state index is 2.63. The third kappa shape index (κ3) is 1.23. The largest absolute Gasteiger partial charge is 0.117 e. The third-order valence-electron chi connectivity index (χ3n) is 3.10. The Hall–Kier alpha value is 0.0649. The van der Waals surface area contributed by atoms with Gasteiger partial charge in [-0.2, -0.15) is 0 Å². The van der Waals surface area contributed by atoms with Gasteiger partial charge in [-0.15, -0.1) is 0 Å². The van der Waals surface area contributed by atoms with Gasteiger partial charge in [-0.25, -0.2) is 0 Å². The molecule has 2 aliphatic heterocycles. The van der Waals surface area contributed by atoms with Crippen molar-refractivity contribution in [3.05, 3.63) is 0 Å². The smallest absolute Gasteiger partial charge is 0.0683 e. The molecule has 0 aromatic rings. The van der Waals surface area contributed by atoms with E-state index in [-0.39, 0.29) is 0 Å². The van der Waals surface area contributed by atoms with Gasteiger partial charge in [-0.1, -0.05) is 50.7 Å². The Morgan fingerprint density at radius 2 is 1.70 bits per heavy atom. The molecule has 2 heterocycles. The molecule has 2 bridgehead atoms. The van der Waals surface area contributed by atoms with Crippen molar-refractivity contribution in [1.29, 1.82) is 0 Å². The van der Waals surface area contributed by atoms with Crippen LogP contribution in [0.5, 0.6) is 0 Å². The molecule has 2 aliphatic rings. The van der Waals surface area contributed by atoms with Crippen molar-refractivity contribution in [2.24, 2.45) is 5.92 Å². The average molecular weight is 135 g/mol. The third-order valence-corrected chi connectivity index (χ3v) is 3.10. The summed E-state index contributed by atoms with van der Waals surface area (Å²) in [6.45, 7) is 2.42. The lowest BCUT2D eigenvalue weighted by Crippen LogP contribution is -2.25. The van der Waals surface area contributed by atoms with Crippen LogP contribution in [0.3, 0.4) is 0 Å². The fourth-order valence-electron chi connectivity index (χ4n) is 2.74. The molecule has 0 nitrogen and oxygen atoms in total. The van der Waals surface area contributed by atoms with E-state index in [1.807, 2.05) is 0 Å². The first-order valence-corrected chi connectivity index (χ1v) is 4.69. The molecular formula is C9H16B. The van der Waals surface area contributed by atoms with Crippen LogP contribution in [0.15, 0.2) is 0 Å². The Morgan fingerprint density at radius 3 is 2.30 bits per heavy atom. The van der Waals surface area contributed by atoms with E-state index < -0.39 is 0 Å². The predicted molar refractivity (Wildman–Crippen MR) is 45.5 cm³/mol. The quantitative estimate of drug-likeness (QED) is 0.448. The molecule has 55 valence electrons. The van der Waals surface area contributed by atoms with E-state index in [2.05, 4.69) is 14.2 Å². The van der Waals surface area contributed by atoms with E-state index in [0.29, 0.717) is 0 Å². The Balaban J connectivity index is 1.98. The van der Waals surface area contributed by atoms with Crippen LogP contribution in [0.1, 0.15) is 39.0 Å². The van der Waals surface area contributed by atoms with Crippen LogP contribution in [0, 0.1) is 5.92 Å². The lowest BCUT2D eigenvalue weighted by molar-refractivity contribution is 0.366. The van der Waals surface area contributed by atoms with E-state index in [4.69, 9.17) is 0 Å². The molecule has 0 N–H and O–H groups in total. The summed E-state index contributed by atoms with van der Waals surface area (Å²) in [5.41, 5.74) is 0. The lowest BCUT2D eigenvalue weighted by atomic mass is 9.42. The molecule has 2 fully saturated rings. The van der Waals surface area contributed by atoms with Gasteiger partial charge in [0.15, 0.2) is 0 Å². The summed E-state index contributed by atoms with van der Waals surface area (Å²) in [6.07, 6.45) is 7.44. The summed E-state index contributed by atoms with van der Waals surface area (Å²) in [5.74, 6) is 3.02. The minimum Gasteiger partial charge on any atom is -0.0683 e. The summed E-state index contributed by atoms with van der Waals surface area (Å²) < 4.78 is 0. The van der Waals surface area contributed by atoms with Gasteiger partial charge in [-0.3, -0.25) is 0 Å². The van der Waals surface area contributed by atoms with Crippen LogP contribution in [-0.2, 0) is 0 Å². The van der Waals surface area contributed by atoms with Crippen molar-refractivity contribution < 1.29 is 0 Å². The second-order valence-corrected chi connectivity index (χ2v) is 4.22. The van der Waals surface area contributed by atoms with Crippen molar-refractivity contribution in [2.75, 3.05) is 0 Å². The first-order chi connectivity index (χ1) is 4.84. The standard InChI is InChI=1S/C9H16B/c1-7-5-8-3-2-4-9(6-7)10-8/h7-9H,2-6H2,1H3. The second-order valence-electron chi connectivity index (χ2n) is 4.22. The Labute approximate surface area is 64.6 Å². The molecule has 0 aliphatic carbocycles. The Kier molecular flexibility index (Phi) is 1.75. The Bertz CT molecular complexity index is 106. The van der Waals surface area contributed by atoms with Crippen molar-refractivity contribution in [3.63, 3.8) is 0 Å². The van der Waals surface area contributed by atoms with Gasteiger partial charge in [-0.05, 0) is 5.92 Å². The van der Waals surface area contributed by atoms with Gasteiger partial charge in [0.05, 0.1) is 0 Å². The fraction of sp³-hybridized carbons (Fsp3) is 1.00. The molecule has 10 heavy (non-hydrogen) atoms. The highest BCUT2D eigenvalue weighted by Crippen LogP contribution is 2.43. The molecule has 1 heteroatoms. The molecule has 2 unspecified atom stereocenters. The molecule has 0 aromatic carbocycles. The number of hydrogen-bond donors (Lipinski definition) is 0. The van der Waals surface area contributed by atoms with Crippen LogP contribution >= 0.6 is 0 Å². The fourth-order valence-corrected chi connectivity index (χ4v) is 2.74. The first-order valence-electron chi connectivity index (χ1n) is 4.69. The zero-order valence-corrected chi connectivity index (χ0v) is 6.84. The highest BCUT2D eigenvalue weighted by atomic mass is 14.2. The minimum absolute atomic E-state index is 1.00. The minimum atomic E-state index is 1.00. The topological polar surface area (TPSA) is 0 Å². The van der Waals surface area contributed by atoms with Crippen LogP contribution in [0.2, 0.25) is 11.6 Å². The van der Waals surface area contributed by atoms with E-state index >= 15 is 0 Å². The van der Waals surface area contributed by atoms with Crippen molar-refractivity contribution >= 4 is 7.28 Å². The molecule has 0 aromatic heterocycles. The second kappa shape index (κ2) is 2.60. The van der Waals surface area contributed by atoms with Crippen molar-refractivity contribution in [1.82, 2.24) is 0 Å². The summed E-state index contributed by atoms with van der Waals surface area (Å²) in [4.78, 5) is 0. The summed E-state index contributed by atoms with van der Waals surface area (Å²) in [7, 11) is 2.63. The van der Waals surface area contributed by atoms with E-state index in [9.17, 15) is 0 Å². The molecule has 2 rings (SSSR count). The summed E-state index contributed by atoms with van der Waals surface area (Å²) in [5, 5.41) is 0. The van der Waals surface area contributed by atoms with Crippen molar-refractivity contribution in [2.45, 2.75) is 50.7 Å². The molecule has 2 atom stereocenters. The Morgan fingerprint density at radius 1 is 1.10 bits per heavy atom. The normalized spacial score (nSPS) is 46.3. The highest BCUT2D eigenvalue weighted by molar-refractivity contribution is 6.40.